The van der Waals surface area contributed by atoms with Crippen molar-refractivity contribution in [3.63, 3.8) is 0 Å². The third-order valence-electron chi connectivity index (χ3n) is 1.57. The minimum atomic E-state index is -0.219. The Labute approximate surface area is 49.5 Å². The monoisotopic (exact) mass is 116 g/mol. The third-order valence-corrected chi connectivity index (χ3v) is 1.57. The van der Waals surface area contributed by atoms with E-state index in [0.717, 1.165) is 19.4 Å². The molecule has 0 radical (unpaired) electrons. The summed E-state index contributed by atoms with van der Waals surface area (Å²) in [6, 6.07) is 0. The van der Waals surface area contributed by atoms with Crippen LogP contribution in [0.3, 0.4) is 0 Å². The van der Waals surface area contributed by atoms with Gasteiger partial charge in [0.15, 0.2) is 0 Å². The topological polar surface area (TPSA) is 29.5 Å². The van der Waals surface area contributed by atoms with Crippen LogP contribution in [-0.4, -0.2) is 23.9 Å². The Hall–Kier alpha value is -0.0800. The summed E-state index contributed by atoms with van der Waals surface area (Å²) in [5.74, 6) is 0. The van der Waals surface area contributed by atoms with Gasteiger partial charge in [-0.15, -0.1) is 0 Å². The Morgan fingerprint density at radius 3 is 2.75 bits per heavy atom. The lowest BCUT2D eigenvalue weighted by Gasteiger charge is -2.24. The van der Waals surface area contributed by atoms with Crippen LogP contribution in [0.1, 0.15) is 19.8 Å². The first-order valence-corrected chi connectivity index (χ1v) is 3.10. The van der Waals surface area contributed by atoms with Crippen molar-refractivity contribution < 1.29 is 9.84 Å². The second-order valence-corrected chi connectivity index (χ2v) is 2.29. The Balaban J connectivity index is 2.28. The molecule has 1 N–H and O–H groups in total. The van der Waals surface area contributed by atoms with Gasteiger partial charge in [0.2, 0.25) is 0 Å². The molecule has 0 bridgehead atoms. The number of hydrogen-bond acceptors (Lipinski definition) is 2. The van der Waals surface area contributed by atoms with E-state index >= 15 is 0 Å². The lowest BCUT2D eigenvalue weighted by Crippen LogP contribution is -2.30. The Morgan fingerprint density at radius 2 is 2.38 bits per heavy atom. The molecule has 0 spiro atoms. The van der Waals surface area contributed by atoms with Gasteiger partial charge in [0.05, 0.1) is 12.2 Å². The van der Waals surface area contributed by atoms with Crippen molar-refractivity contribution in [2.24, 2.45) is 0 Å². The summed E-state index contributed by atoms with van der Waals surface area (Å²) in [6.45, 7) is 2.72. The number of hydrogen-bond donors (Lipinski definition) is 1. The lowest BCUT2D eigenvalue weighted by atomic mass is 10.1. The highest BCUT2D eigenvalue weighted by Gasteiger charge is 2.18. The van der Waals surface area contributed by atoms with Crippen molar-refractivity contribution in [1.82, 2.24) is 0 Å². The maximum Gasteiger partial charge on any atom is 0.0805 e. The van der Waals surface area contributed by atoms with Gasteiger partial charge in [-0.3, -0.25) is 0 Å². The van der Waals surface area contributed by atoms with Crippen molar-refractivity contribution in [1.29, 1.82) is 0 Å². The first kappa shape index (κ1) is 6.05. The average Bonchev–Trinajstić information content (AvgIpc) is 1.77. The summed E-state index contributed by atoms with van der Waals surface area (Å²) in [6.07, 6.45) is 1.75. The van der Waals surface area contributed by atoms with Crippen LogP contribution in [0.2, 0.25) is 0 Å². The van der Waals surface area contributed by atoms with Crippen molar-refractivity contribution in [3.8, 4) is 0 Å². The van der Waals surface area contributed by atoms with Gasteiger partial charge >= 0.3 is 0 Å². The van der Waals surface area contributed by atoms with Gasteiger partial charge in [0, 0.05) is 6.61 Å². The molecule has 2 atom stereocenters. The van der Waals surface area contributed by atoms with Gasteiger partial charge in [-0.2, -0.15) is 0 Å². The van der Waals surface area contributed by atoms with Crippen LogP contribution in [0.4, 0.5) is 0 Å². The molecule has 1 aliphatic heterocycles. The van der Waals surface area contributed by atoms with Gasteiger partial charge in [-0.05, 0) is 19.8 Å². The zero-order chi connectivity index (χ0) is 5.98. The van der Waals surface area contributed by atoms with E-state index < -0.39 is 0 Å². The number of ether oxygens (including phenoxy) is 1. The molecule has 1 heterocycles. The normalized spacial score (nSPS) is 39.8. The van der Waals surface area contributed by atoms with Crippen LogP contribution in [-0.2, 0) is 4.74 Å². The van der Waals surface area contributed by atoms with Gasteiger partial charge in [-0.25, -0.2) is 0 Å². The number of aliphatic hydroxyl groups is 1. The van der Waals surface area contributed by atoms with E-state index in [1.807, 2.05) is 6.92 Å². The van der Waals surface area contributed by atoms with E-state index in [1.54, 1.807) is 0 Å². The van der Waals surface area contributed by atoms with E-state index in [1.165, 1.54) is 0 Å². The van der Waals surface area contributed by atoms with Crippen LogP contribution in [0.5, 0.6) is 0 Å². The first-order valence-electron chi connectivity index (χ1n) is 3.10. The van der Waals surface area contributed by atoms with Crippen LogP contribution < -0.4 is 0 Å². The molecule has 0 aliphatic carbocycles. The zero-order valence-electron chi connectivity index (χ0n) is 5.13. The summed E-state index contributed by atoms with van der Waals surface area (Å²) < 4.78 is 5.14. The minimum absolute atomic E-state index is 0.0590. The number of aliphatic hydroxyl groups excluding tert-OH is 1. The van der Waals surface area contributed by atoms with E-state index in [0.29, 0.717) is 0 Å². The highest BCUT2D eigenvalue weighted by Crippen LogP contribution is 2.11. The molecule has 0 saturated carbocycles. The van der Waals surface area contributed by atoms with Crippen molar-refractivity contribution in [3.05, 3.63) is 0 Å². The fourth-order valence-electron chi connectivity index (χ4n) is 0.907. The molecule has 0 aromatic rings. The fourth-order valence-corrected chi connectivity index (χ4v) is 0.907. The molecule has 0 amide bonds. The molecule has 0 aromatic heterocycles. The number of rotatable bonds is 0. The highest BCUT2D eigenvalue weighted by atomic mass is 16.5. The standard InChI is InChI=1S/C6H12O2/c1-5-6(7)3-2-4-8-5/h5-7H,2-4H2,1H3/t5-,6?/m1/s1. The molecule has 1 unspecified atom stereocenters. The summed E-state index contributed by atoms with van der Waals surface area (Å²) in [7, 11) is 0. The molecular weight excluding hydrogens is 104 g/mol. The predicted molar refractivity (Wildman–Crippen MR) is 30.7 cm³/mol. The van der Waals surface area contributed by atoms with Gasteiger partial charge in [-0.1, -0.05) is 0 Å². The largest absolute Gasteiger partial charge is 0.390 e. The van der Waals surface area contributed by atoms with Crippen molar-refractivity contribution >= 4 is 0 Å². The highest BCUT2D eigenvalue weighted by molar-refractivity contribution is 4.67. The Kier molecular flexibility index (Phi) is 1.86. The molecule has 1 rings (SSSR count). The second kappa shape index (κ2) is 2.46. The van der Waals surface area contributed by atoms with E-state index in [2.05, 4.69) is 0 Å². The molecule has 2 nitrogen and oxygen atoms in total. The van der Waals surface area contributed by atoms with E-state index in [4.69, 9.17) is 9.84 Å². The first-order chi connectivity index (χ1) is 3.80. The predicted octanol–water partition coefficient (Wildman–Crippen LogP) is 0.546. The minimum Gasteiger partial charge on any atom is -0.390 e. The van der Waals surface area contributed by atoms with Gasteiger partial charge < -0.3 is 9.84 Å². The third kappa shape index (κ3) is 1.20. The lowest BCUT2D eigenvalue weighted by molar-refractivity contribution is -0.0634. The SMILES string of the molecule is C[C@H]1OCCCC1O. The average molecular weight is 116 g/mol. The smallest absolute Gasteiger partial charge is 0.0805 e. The fraction of sp³-hybridized carbons (Fsp3) is 1.00. The molecule has 48 valence electrons. The quantitative estimate of drug-likeness (QED) is 0.500. The summed E-state index contributed by atoms with van der Waals surface area (Å²) >= 11 is 0. The molecule has 0 aromatic carbocycles. The van der Waals surface area contributed by atoms with Crippen LogP contribution in [0.15, 0.2) is 0 Å². The molecule has 8 heavy (non-hydrogen) atoms. The maximum atomic E-state index is 9.05. The van der Waals surface area contributed by atoms with Gasteiger partial charge in [0.25, 0.3) is 0 Å². The Morgan fingerprint density at radius 1 is 1.62 bits per heavy atom. The summed E-state index contributed by atoms with van der Waals surface area (Å²) in [4.78, 5) is 0. The molecule has 1 saturated heterocycles. The van der Waals surface area contributed by atoms with E-state index in [9.17, 15) is 0 Å². The molecule has 2 heteroatoms. The summed E-state index contributed by atoms with van der Waals surface area (Å²) in [5, 5.41) is 9.05. The maximum absolute atomic E-state index is 9.05. The molecular formula is C6H12O2. The van der Waals surface area contributed by atoms with Crippen LogP contribution in [0, 0.1) is 0 Å². The van der Waals surface area contributed by atoms with E-state index in [-0.39, 0.29) is 12.2 Å². The van der Waals surface area contributed by atoms with Crippen LogP contribution in [0.25, 0.3) is 0 Å². The van der Waals surface area contributed by atoms with Crippen molar-refractivity contribution in [2.45, 2.75) is 32.0 Å². The Bertz CT molecular complexity index is 62.9. The summed E-state index contributed by atoms with van der Waals surface area (Å²) in [5.41, 5.74) is 0. The van der Waals surface area contributed by atoms with Gasteiger partial charge in [0.1, 0.15) is 0 Å². The van der Waals surface area contributed by atoms with Crippen LogP contribution >= 0.6 is 0 Å². The zero-order valence-corrected chi connectivity index (χ0v) is 5.13. The second-order valence-electron chi connectivity index (χ2n) is 2.29. The van der Waals surface area contributed by atoms with Crippen molar-refractivity contribution in [2.75, 3.05) is 6.61 Å². The molecule has 1 fully saturated rings. The molecule has 1 aliphatic rings.